The van der Waals surface area contributed by atoms with Crippen LogP contribution in [0.2, 0.25) is 10.0 Å². The van der Waals surface area contributed by atoms with Crippen LogP contribution in [0.1, 0.15) is 0 Å². The van der Waals surface area contributed by atoms with Gasteiger partial charge in [0.15, 0.2) is 0 Å². The fourth-order valence-electron chi connectivity index (χ4n) is 1.18. The second kappa shape index (κ2) is 4.13. The molecule has 2 aromatic rings. The lowest BCUT2D eigenvalue weighted by Gasteiger charge is -2.01. The Kier molecular flexibility index (Phi) is 2.84. The molecule has 0 amide bonds. The Bertz CT molecular complexity index is 465. The minimum atomic E-state index is -0.758. The maximum Gasteiger partial charge on any atom is 0.308 e. The predicted octanol–water partition coefficient (Wildman–Crippen LogP) is 3.59. The molecule has 0 aliphatic carbocycles. The van der Waals surface area contributed by atoms with Crippen LogP contribution < -0.4 is 0 Å². The van der Waals surface area contributed by atoms with Crippen LogP contribution in [0.3, 0.4) is 0 Å². The number of hydrogen-bond acceptors (Lipinski definition) is 2. The summed E-state index contributed by atoms with van der Waals surface area (Å²) in [7, 11) is 0. The summed E-state index contributed by atoms with van der Waals surface area (Å²) in [5.41, 5.74) is 1.42. The van der Waals surface area contributed by atoms with Gasteiger partial charge in [-0.05, 0) is 23.8 Å². The van der Waals surface area contributed by atoms with Gasteiger partial charge in [-0.25, -0.2) is 9.97 Å². The van der Waals surface area contributed by atoms with Crippen LogP contribution in [0.4, 0.5) is 4.39 Å². The molecule has 0 aliphatic heterocycles. The SMILES string of the molecule is Fc1ncc(-c2cc(Cl)cc(Cl)c2)cn1. The average molecular weight is 243 g/mol. The van der Waals surface area contributed by atoms with Crippen LogP contribution >= 0.6 is 23.2 Å². The summed E-state index contributed by atoms with van der Waals surface area (Å²) in [6.07, 6.45) is 2.00. The monoisotopic (exact) mass is 242 g/mol. The van der Waals surface area contributed by atoms with E-state index in [2.05, 4.69) is 9.97 Å². The van der Waals surface area contributed by atoms with E-state index in [-0.39, 0.29) is 0 Å². The average Bonchev–Trinajstić information content (AvgIpc) is 2.17. The maximum absolute atomic E-state index is 12.5. The number of hydrogen-bond donors (Lipinski definition) is 0. The molecule has 1 aromatic carbocycles. The van der Waals surface area contributed by atoms with Crippen molar-refractivity contribution in [2.45, 2.75) is 0 Å². The number of aromatic nitrogens is 2. The van der Waals surface area contributed by atoms with Crippen molar-refractivity contribution < 1.29 is 4.39 Å². The van der Waals surface area contributed by atoms with E-state index < -0.39 is 6.08 Å². The molecule has 0 spiro atoms. The Labute approximate surface area is 95.7 Å². The van der Waals surface area contributed by atoms with Crippen LogP contribution in [-0.4, -0.2) is 9.97 Å². The van der Waals surface area contributed by atoms with Crippen molar-refractivity contribution in [1.29, 1.82) is 0 Å². The van der Waals surface area contributed by atoms with Crippen molar-refractivity contribution in [2.75, 3.05) is 0 Å². The summed E-state index contributed by atoms with van der Waals surface area (Å²) < 4.78 is 12.5. The van der Waals surface area contributed by atoms with Gasteiger partial charge in [0.1, 0.15) is 0 Å². The Morgan fingerprint density at radius 3 is 1.93 bits per heavy atom. The quantitative estimate of drug-likeness (QED) is 0.715. The molecule has 2 rings (SSSR count). The first-order valence-corrected chi connectivity index (χ1v) is 4.85. The molecule has 0 bridgehead atoms. The molecule has 0 saturated heterocycles. The van der Waals surface area contributed by atoms with Gasteiger partial charge in [0, 0.05) is 28.0 Å². The summed E-state index contributed by atoms with van der Waals surface area (Å²) in [6, 6.07) is 5.05. The largest absolute Gasteiger partial charge is 0.308 e. The Morgan fingerprint density at radius 2 is 1.40 bits per heavy atom. The van der Waals surface area contributed by atoms with Gasteiger partial charge in [-0.15, -0.1) is 0 Å². The normalized spacial score (nSPS) is 10.3. The molecule has 0 saturated carbocycles. The topological polar surface area (TPSA) is 25.8 Å². The fourth-order valence-corrected chi connectivity index (χ4v) is 1.71. The van der Waals surface area contributed by atoms with Gasteiger partial charge in [-0.3, -0.25) is 0 Å². The molecular weight excluding hydrogens is 238 g/mol. The second-order valence-electron chi connectivity index (χ2n) is 2.90. The Balaban J connectivity index is 2.49. The van der Waals surface area contributed by atoms with Crippen LogP contribution in [0, 0.1) is 6.08 Å². The van der Waals surface area contributed by atoms with Gasteiger partial charge < -0.3 is 0 Å². The molecule has 2 nitrogen and oxygen atoms in total. The zero-order valence-electron chi connectivity index (χ0n) is 7.42. The van der Waals surface area contributed by atoms with Crippen molar-refractivity contribution in [3.05, 3.63) is 46.7 Å². The zero-order valence-corrected chi connectivity index (χ0v) is 8.93. The van der Waals surface area contributed by atoms with Gasteiger partial charge in [0.25, 0.3) is 0 Å². The lowest BCUT2D eigenvalue weighted by molar-refractivity contribution is 0.539. The summed E-state index contributed by atoms with van der Waals surface area (Å²) in [4.78, 5) is 6.90. The van der Waals surface area contributed by atoms with Crippen molar-refractivity contribution >= 4 is 23.2 Å². The molecular formula is C10H5Cl2FN2. The molecule has 0 radical (unpaired) electrons. The van der Waals surface area contributed by atoms with Crippen molar-refractivity contribution in [1.82, 2.24) is 9.97 Å². The lowest BCUT2D eigenvalue weighted by Crippen LogP contribution is -1.88. The molecule has 76 valence electrons. The minimum Gasteiger partial charge on any atom is -0.210 e. The first kappa shape index (κ1) is 10.3. The van der Waals surface area contributed by atoms with E-state index in [0.717, 1.165) is 5.56 Å². The third-order valence-electron chi connectivity index (χ3n) is 1.82. The van der Waals surface area contributed by atoms with E-state index in [1.54, 1.807) is 18.2 Å². The first-order valence-electron chi connectivity index (χ1n) is 4.09. The van der Waals surface area contributed by atoms with Gasteiger partial charge in [-0.1, -0.05) is 23.2 Å². The fraction of sp³-hybridized carbons (Fsp3) is 0. The van der Waals surface area contributed by atoms with E-state index in [9.17, 15) is 4.39 Å². The third kappa shape index (κ3) is 2.43. The summed E-state index contributed by atoms with van der Waals surface area (Å²) in [5, 5.41) is 1.03. The maximum atomic E-state index is 12.5. The molecule has 0 aliphatic rings. The molecule has 5 heteroatoms. The number of benzene rings is 1. The van der Waals surface area contributed by atoms with Crippen molar-refractivity contribution in [2.24, 2.45) is 0 Å². The molecule has 0 atom stereocenters. The van der Waals surface area contributed by atoms with E-state index in [4.69, 9.17) is 23.2 Å². The van der Waals surface area contributed by atoms with Crippen molar-refractivity contribution in [3.8, 4) is 11.1 Å². The van der Waals surface area contributed by atoms with Crippen LogP contribution in [0.15, 0.2) is 30.6 Å². The van der Waals surface area contributed by atoms with Gasteiger partial charge in [0.2, 0.25) is 0 Å². The molecule has 1 aromatic heterocycles. The molecule has 0 N–H and O–H groups in total. The molecule has 15 heavy (non-hydrogen) atoms. The predicted molar refractivity (Wildman–Crippen MR) is 57.4 cm³/mol. The minimum absolute atomic E-state index is 0.516. The smallest absolute Gasteiger partial charge is 0.210 e. The Morgan fingerprint density at radius 1 is 0.867 bits per heavy atom. The first-order chi connectivity index (χ1) is 7.15. The Hall–Kier alpha value is -1.19. The summed E-state index contributed by atoms with van der Waals surface area (Å²) in [5.74, 6) is 0. The summed E-state index contributed by atoms with van der Waals surface area (Å²) >= 11 is 11.7. The number of nitrogens with zero attached hydrogens (tertiary/aromatic N) is 2. The number of halogens is 3. The highest BCUT2D eigenvalue weighted by Gasteiger charge is 2.02. The highest BCUT2D eigenvalue weighted by Crippen LogP contribution is 2.26. The number of rotatable bonds is 1. The van der Waals surface area contributed by atoms with Crippen LogP contribution in [0.25, 0.3) is 11.1 Å². The van der Waals surface area contributed by atoms with E-state index >= 15 is 0 Å². The zero-order chi connectivity index (χ0) is 10.8. The lowest BCUT2D eigenvalue weighted by atomic mass is 10.1. The third-order valence-corrected chi connectivity index (χ3v) is 2.25. The van der Waals surface area contributed by atoms with Gasteiger partial charge in [-0.2, -0.15) is 4.39 Å². The highest BCUT2D eigenvalue weighted by molar-refractivity contribution is 6.35. The van der Waals surface area contributed by atoms with Crippen LogP contribution in [0.5, 0.6) is 0 Å². The summed E-state index contributed by atoms with van der Waals surface area (Å²) in [6.45, 7) is 0. The van der Waals surface area contributed by atoms with E-state index in [1.807, 2.05) is 0 Å². The standard InChI is InChI=1S/C10H5Cl2FN2/c11-8-1-6(2-9(12)3-8)7-4-14-10(13)15-5-7/h1-5H. The van der Waals surface area contributed by atoms with Crippen LogP contribution in [-0.2, 0) is 0 Å². The van der Waals surface area contributed by atoms with E-state index in [0.29, 0.717) is 15.6 Å². The molecule has 0 fully saturated rings. The molecule has 0 unspecified atom stereocenters. The van der Waals surface area contributed by atoms with Crippen molar-refractivity contribution in [3.63, 3.8) is 0 Å². The van der Waals surface area contributed by atoms with E-state index in [1.165, 1.54) is 12.4 Å². The second-order valence-corrected chi connectivity index (χ2v) is 3.77. The van der Waals surface area contributed by atoms with Gasteiger partial charge in [0.05, 0.1) is 0 Å². The molecule has 1 heterocycles. The van der Waals surface area contributed by atoms with Gasteiger partial charge >= 0.3 is 6.08 Å². The highest BCUT2D eigenvalue weighted by atomic mass is 35.5.